The average Bonchev–Trinajstić information content (AvgIpc) is 3.06. The lowest BCUT2D eigenvalue weighted by molar-refractivity contribution is 0.0671. The van der Waals surface area contributed by atoms with Crippen molar-refractivity contribution in [2.75, 3.05) is 13.1 Å². The Morgan fingerprint density at radius 3 is 3.00 bits per heavy atom. The number of benzene rings is 1. The third kappa shape index (κ3) is 3.24. The fourth-order valence-electron chi connectivity index (χ4n) is 2.83. The van der Waals surface area contributed by atoms with Crippen LogP contribution >= 0.6 is 0 Å². The second-order valence-corrected chi connectivity index (χ2v) is 5.86. The first-order valence-corrected chi connectivity index (χ1v) is 7.65. The van der Waals surface area contributed by atoms with Gasteiger partial charge in [-0.15, -0.1) is 5.10 Å². The van der Waals surface area contributed by atoms with Gasteiger partial charge >= 0.3 is 0 Å². The number of aliphatic hydroxyl groups excluding tert-OH is 1. The van der Waals surface area contributed by atoms with Gasteiger partial charge in [0.1, 0.15) is 11.5 Å². The number of hydrogen-bond acceptors (Lipinski definition) is 4. The Kier molecular flexibility index (Phi) is 4.38. The summed E-state index contributed by atoms with van der Waals surface area (Å²) in [6, 6.07) is 4.59. The van der Waals surface area contributed by atoms with E-state index in [2.05, 4.69) is 10.3 Å². The average molecular weight is 318 g/mol. The molecule has 0 spiro atoms. The number of carbonyl (C=O) groups is 1. The van der Waals surface area contributed by atoms with Gasteiger partial charge in [0.2, 0.25) is 0 Å². The van der Waals surface area contributed by atoms with Crippen LogP contribution in [-0.4, -0.2) is 44.0 Å². The first kappa shape index (κ1) is 15.6. The van der Waals surface area contributed by atoms with Gasteiger partial charge in [-0.05, 0) is 37.5 Å². The molecule has 6 nitrogen and oxygen atoms in total. The summed E-state index contributed by atoms with van der Waals surface area (Å²) in [6.07, 6.45) is 3.43. The molecule has 1 fully saturated rings. The minimum absolute atomic E-state index is 0.0239. The zero-order valence-electron chi connectivity index (χ0n) is 12.9. The molecule has 3 rings (SSSR count). The molecule has 1 aliphatic rings. The third-order valence-electron chi connectivity index (χ3n) is 4.20. The quantitative estimate of drug-likeness (QED) is 0.935. The summed E-state index contributed by atoms with van der Waals surface area (Å²) in [6.45, 7) is 2.66. The number of aryl methyl sites for hydroxylation is 1. The van der Waals surface area contributed by atoms with Gasteiger partial charge in [-0.2, -0.15) is 0 Å². The first-order valence-electron chi connectivity index (χ1n) is 7.65. The van der Waals surface area contributed by atoms with E-state index in [9.17, 15) is 9.18 Å². The molecule has 1 aliphatic heterocycles. The molecule has 1 atom stereocenters. The van der Waals surface area contributed by atoms with Crippen molar-refractivity contribution in [2.45, 2.75) is 32.4 Å². The molecule has 122 valence electrons. The maximum atomic E-state index is 13.7. The third-order valence-corrected chi connectivity index (χ3v) is 4.20. The minimum Gasteiger partial charge on any atom is -0.390 e. The number of amides is 1. The lowest BCUT2D eigenvalue weighted by Crippen LogP contribution is -2.40. The predicted molar refractivity (Wildman–Crippen MR) is 81.3 cm³/mol. The van der Waals surface area contributed by atoms with E-state index in [0.717, 1.165) is 12.8 Å². The molecule has 0 radical (unpaired) electrons. The number of likely N-dealkylation sites (tertiary alicyclic amines) is 1. The molecule has 0 saturated carbocycles. The molecule has 7 heteroatoms. The maximum absolute atomic E-state index is 13.7. The van der Waals surface area contributed by atoms with Gasteiger partial charge in [-0.3, -0.25) is 4.79 Å². The van der Waals surface area contributed by atoms with Crippen molar-refractivity contribution in [3.63, 3.8) is 0 Å². The lowest BCUT2D eigenvalue weighted by atomic mass is 10.0. The van der Waals surface area contributed by atoms with Crippen molar-refractivity contribution in [1.29, 1.82) is 0 Å². The Hall–Kier alpha value is -2.28. The van der Waals surface area contributed by atoms with E-state index in [-0.39, 0.29) is 24.4 Å². The van der Waals surface area contributed by atoms with E-state index in [1.807, 2.05) is 0 Å². The molecule has 0 aliphatic carbocycles. The Labute approximate surface area is 133 Å². The zero-order chi connectivity index (χ0) is 16.4. The van der Waals surface area contributed by atoms with E-state index in [0.29, 0.717) is 29.9 Å². The molecule has 1 saturated heterocycles. The lowest BCUT2D eigenvalue weighted by Gasteiger charge is -2.32. The summed E-state index contributed by atoms with van der Waals surface area (Å²) in [7, 11) is 0. The standard InChI is InChI=1S/C16H19FN4O2/c1-11-4-5-12(7-15(11)17)16(23)20-6-2-3-14(9-20)21-8-13(10-22)18-19-21/h4-5,7-8,14,22H,2-3,6,9-10H2,1H3/t14-/m1/s1. The first-order chi connectivity index (χ1) is 11.1. The van der Waals surface area contributed by atoms with E-state index in [4.69, 9.17) is 5.11 Å². The fraction of sp³-hybridized carbons (Fsp3) is 0.438. The predicted octanol–water partition coefficient (Wildman–Crippen LogP) is 1.70. The molecule has 1 aromatic carbocycles. The number of hydrogen-bond donors (Lipinski definition) is 1. The highest BCUT2D eigenvalue weighted by Crippen LogP contribution is 2.23. The highest BCUT2D eigenvalue weighted by atomic mass is 19.1. The van der Waals surface area contributed by atoms with Gasteiger partial charge in [0, 0.05) is 18.7 Å². The monoisotopic (exact) mass is 318 g/mol. The summed E-state index contributed by atoms with van der Waals surface area (Å²) in [5.41, 5.74) is 1.40. The summed E-state index contributed by atoms with van der Waals surface area (Å²) in [4.78, 5) is 14.3. The van der Waals surface area contributed by atoms with Crippen molar-refractivity contribution >= 4 is 5.91 Å². The Morgan fingerprint density at radius 1 is 1.48 bits per heavy atom. The van der Waals surface area contributed by atoms with Crippen LogP contribution in [0.15, 0.2) is 24.4 Å². The molecule has 23 heavy (non-hydrogen) atoms. The summed E-state index contributed by atoms with van der Waals surface area (Å²) in [5, 5.41) is 17.0. The molecule has 2 heterocycles. The van der Waals surface area contributed by atoms with Crippen molar-refractivity contribution in [3.05, 3.63) is 47.0 Å². The molecule has 1 amide bonds. The van der Waals surface area contributed by atoms with Crippen molar-refractivity contribution < 1.29 is 14.3 Å². The normalized spacial score (nSPS) is 18.2. The van der Waals surface area contributed by atoms with Gasteiger partial charge in [0.25, 0.3) is 5.91 Å². The highest BCUT2D eigenvalue weighted by molar-refractivity contribution is 5.94. The molecule has 0 bridgehead atoms. The van der Waals surface area contributed by atoms with Crippen LogP contribution in [0.3, 0.4) is 0 Å². The van der Waals surface area contributed by atoms with Gasteiger partial charge in [0.15, 0.2) is 0 Å². The smallest absolute Gasteiger partial charge is 0.254 e. The van der Waals surface area contributed by atoms with Gasteiger partial charge in [0.05, 0.1) is 18.8 Å². The maximum Gasteiger partial charge on any atom is 0.254 e. The molecule has 1 N–H and O–H groups in total. The number of aromatic nitrogens is 3. The summed E-state index contributed by atoms with van der Waals surface area (Å²) >= 11 is 0. The van der Waals surface area contributed by atoms with E-state index in [1.165, 1.54) is 6.07 Å². The van der Waals surface area contributed by atoms with Crippen LogP contribution in [0.5, 0.6) is 0 Å². The molecular weight excluding hydrogens is 299 g/mol. The molecular formula is C16H19FN4O2. The van der Waals surface area contributed by atoms with Crippen LogP contribution < -0.4 is 0 Å². The van der Waals surface area contributed by atoms with E-state index >= 15 is 0 Å². The number of nitrogens with zero attached hydrogens (tertiary/aromatic N) is 4. The highest BCUT2D eigenvalue weighted by Gasteiger charge is 2.26. The van der Waals surface area contributed by atoms with Gasteiger partial charge < -0.3 is 10.0 Å². The van der Waals surface area contributed by atoms with Crippen LogP contribution in [0.4, 0.5) is 4.39 Å². The zero-order valence-corrected chi connectivity index (χ0v) is 12.9. The SMILES string of the molecule is Cc1ccc(C(=O)N2CCC[C@@H](n3cc(CO)nn3)C2)cc1F. The van der Waals surface area contributed by atoms with Crippen LogP contribution in [0, 0.1) is 12.7 Å². The molecule has 2 aromatic rings. The van der Waals surface area contributed by atoms with Crippen molar-refractivity contribution in [1.82, 2.24) is 19.9 Å². The Morgan fingerprint density at radius 2 is 2.30 bits per heavy atom. The molecule has 1 aromatic heterocycles. The number of carbonyl (C=O) groups excluding carboxylic acids is 1. The number of rotatable bonds is 3. The summed E-state index contributed by atoms with van der Waals surface area (Å²) in [5.74, 6) is -0.538. The van der Waals surface area contributed by atoms with Crippen LogP contribution in [-0.2, 0) is 6.61 Å². The van der Waals surface area contributed by atoms with Crippen LogP contribution in [0.25, 0.3) is 0 Å². The second-order valence-electron chi connectivity index (χ2n) is 5.86. The Balaban J connectivity index is 1.74. The van der Waals surface area contributed by atoms with E-state index in [1.54, 1.807) is 34.8 Å². The van der Waals surface area contributed by atoms with Crippen LogP contribution in [0.1, 0.15) is 40.5 Å². The second kappa shape index (κ2) is 6.45. The van der Waals surface area contributed by atoms with E-state index < -0.39 is 0 Å². The van der Waals surface area contributed by atoms with Gasteiger partial charge in [-0.25, -0.2) is 9.07 Å². The van der Waals surface area contributed by atoms with Crippen LogP contribution in [0.2, 0.25) is 0 Å². The van der Waals surface area contributed by atoms with Gasteiger partial charge in [-0.1, -0.05) is 11.3 Å². The largest absolute Gasteiger partial charge is 0.390 e. The topological polar surface area (TPSA) is 71.2 Å². The Bertz CT molecular complexity index is 716. The number of aliphatic hydroxyl groups is 1. The summed E-state index contributed by atoms with van der Waals surface area (Å²) < 4.78 is 15.4. The number of halogens is 1. The fourth-order valence-corrected chi connectivity index (χ4v) is 2.83. The van der Waals surface area contributed by atoms with Crippen molar-refractivity contribution in [3.8, 4) is 0 Å². The van der Waals surface area contributed by atoms with Crippen molar-refractivity contribution in [2.24, 2.45) is 0 Å². The minimum atomic E-state index is -0.367. The number of piperidine rings is 1. The molecule has 0 unspecified atom stereocenters.